The lowest BCUT2D eigenvalue weighted by Crippen LogP contribution is -2.50. The summed E-state index contributed by atoms with van der Waals surface area (Å²) in [6.07, 6.45) is 4.36. The maximum Gasteiger partial charge on any atom is 0.337 e. The third-order valence-corrected chi connectivity index (χ3v) is 3.95. The Balaban J connectivity index is 1.86. The Morgan fingerprint density at radius 2 is 1.87 bits per heavy atom. The minimum atomic E-state index is -0.757. The summed E-state index contributed by atoms with van der Waals surface area (Å²) in [4.78, 5) is 23.3. The molecule has 1 aromatic carbocycles. The molecule has 1 aliphatic rings. The zero-order valence-corrected chi connectivity index (χ0v) is 13.1. The molecule has 0 bridgehead atoms. The van der Waals surface area contributed by atoms with Crippen molar-refractivity contribution in [2.24, 2.45) is 0 Å². The van der Waals surface area contributed by atoms with Crippen LogP contribution < -0.4 is 10.1 Å². The number of hydrogen-bond donors (Lipinski definition) is 1. The van der Waals surface area contributed by atoms with E-state index in [9.17, 15) is 14.9 Å². The number of rotatable bonds is 5. The highest BCUT2D eigenvalue weighted by molar-refractivity contribution is 5.89. The Morgan fingerprint density at radius 1 is 1.22 bits per heavy atom. The number of benzene rings is 1. The van der Waals surface area contributed by atoms with E-state index in [-0.39, 0.29) is 12.5 Å². The summed E-state index contributed by atoms with van der Waals surface area (Å²) in [5.74, 6) is -0.268. The van der Waals surface area contributed by atoms with Crippen LogP contribution in [-0.4, -0.2) is 31.1 Å². The average Bonchev–Trinajstić information content (AvgIpc) is 2.60. The maximum absolute atomic E-state index is 12.0. The Hall–Kier alpha value is -2.55. The first kappa shape index (κ1) is 16.8. The van der Waals surface area contributed by atoms with Gasteiger partial charge in [0.15, 0.2) is 6.61 Å². The molecule has 0 spiro atoms. The Bertz CT molecular complexity index is 598. The monoisotopic (exact) mass is 316 g/mol. The fourth-order valence-electron chi connectivity index (χ4n) is 2.68. The van der Waals surface area contributed by atoms with Gasteiger partial charge in [0.25, 0.3) is 5.91 Å². The van der Waals surface area contributed by atoms with E-state index < -0.39 is 11.5 Å². The van der Waals surface area contributed by atoms with E-state index >= 15 is 0 Å². The van der Waals surface area contributed by atoms with Crippen LogP contribution in [0.2, 0.25) is 0 Å². The number of esters is 1. The van der Waals surface area contributed by atoms with E-state index in [4.69, 9.17) is 4.74 Å². The molecule has 0 saturated heterocycles. The molecule has 2 rings (SSSR count). The van der Waals surface area contributed by atoms with Crippen LogP contribution >= 0.6 is 0 Å². The standard InChI is InChI=1S/C17H20N2O4/c1-22-16(21)13-5-7-14(8-6-13)23-11-15(20)19-17(12-18)9-3-2-4-10-17/h5-8H,2-4,9-11H2,1H3,(H,19,20). The molecule has 0 unspecified atom stereocenters. The third-order valence-electron chi connectivity index (χ3n) is 3.95. The van der Waals surface area contributed by atoms with E-state index in [0.29, 0.717) is 24.2 Å². The van der Waals surface area contributed by atoms with Crippen molar-refractivity contribution in [2.75, 3.05) is 13.7 Å². The van der Waals surface area contributed by atoms with Gasteiger partial charge in [-0.25, -0.2) is 4.79 Å². The average molecular weight is 316 g/mol. The zero-order valence-electron chi connectivity index (χ0n) is 13.1. The van der Waals surface area contributed by atoms with Gasteiger partial charge < -0.3 is 14.8 Å². The fourth-order valence-corrected chi connectivity index (χ4v) is 2.68. The number of nitriles is 1. The van der Waals surface area contributed by atoms with Gasteiger partial charge in [-0.05, 0) is 37.1 Å². The summed E-state index contributed by atoms with van der Waals surface area (Å²) in [6.45, 7) is -0.166. The largest absolute Gasteiger partial charge is 0.484 e. The highest BCUT2D eigenvalue weighted by atomic mass is 16.5. The topological polar surface area (TPSA) is 88.4 Å². The van der Waals surface area contributed by atoms with Crippen molar-refractivity contribution in [3.05, 3.63) is 29.8 Å². The minimum Gasteiger partial charge on any atom is -0.484 e. The van der Waals surface area contributed by atoms with Gasteiger partial charge in [-0.1, -0.05) is 19.3 Å². The first-order valence-electron chi connectivity index (χ1n) is 7.62. The molecule has 23 heavy (non-hydrogen) atoms. The highest BCUT2D eigenvalue weighted by Crippen LogP contribution is 2.27. The smallest absolute Gasteiger partial charge is 0.337 e. The molecule has 1 aliphatic carbocycles. The second-order valence-electron chi connectivity index (χ2n) is 5.61. The number of methoxy groups -OCH3 is 1. The molecule has 6 heteroatoms. The first-order valence-corrected chi connectivity index (χ1v) is 7.62. The predicted octanol–water partition coefficient (Wildman–Crippen LogP) is 2.19. The molecule has 1 N–H and O–H groups in total. The summed E-state index contributed by atoms with van der Waals surface area (Å²) >= 11 is 0. The van der Waals surface area contributed by atoms with Gasteiger partial charge in [-0.15, -0.1) is 0 Å². The molecule has 0 heterocycles. The molecule has 6 nitrogen and oxygen atoms in total. The van der Waals surface area contributed by atoms with Crippen LogP contribution in [0.25, 0.3) is 0 Å². The van der Waals surface area contributed by atoms with Crippen LogP contribution in [0.15, 0.2) is 24.3 Å². The summed E-state index contributed by atoms with van der Waals surface area (Å²) in [5, 5.41) is 12.1. The lowest BCUT2D eigenvalue weighted by molar-refractivity contribution is -0.124. The number of nitrogens with zero attached hydrogens (tertiary/aromatic N) is 1. The van der Waals surface area contributed by atoms with Crippen molar-refractivity contribution in [2.45, 2.75) is 37.6 Å². The molecule has 0 atom stereocenters. The number of ether oxygens (including phenoxy) is 2. The van der Waals surface area contributed by atoms with E-state index in [1.54, 1.807) is 24.3 Å². The van der Waals surface area contributed by atoms with E-state index in [2.05, 4.69) is 16.1 Å². The normalized spacial score (nSPS) is 16.0. The summed E-state index contributed by atoms with van der Waals surface area (Å²) in [7, 11) is 1.31. The molecule has 0 radical (unpaired) electrons. The van der Waals surface area contributed by atoms with Gasteiger partial charge in [0, 0.05) is 0 Å². The Labute approximate surface area is 135 Å². The SMILES string of the molecule is COC(=O)c1ccc(OCC(=O)NC2(C#N)CCCCC2)cc1. The summed E-state index contributed by atoms with van der Waals surface area (Å²) in [5.41, 5.74) is -0.345. The molecule has 1 saturated carbocycles. The zero-order chi connectivity index (χ0) is 16.7. The van der Waals surface area contributed by atoms with Crippen LogP contribution in [0.4, 0.5) is 0 Å². The number of amides is 1. The fraction of sp³-hybridized carbons (Fsp3) is 0.471. The van der Waals surface area contributed by atoms with Crippen LogP contribution in [0, 0.1) is 11.3 Å². The third kappa shape index (κ3) is 4.46. The van der Waals surface area contributed by atoms with E-state index in [1.807, 2.05) is 0 Å². The molecule has 0 aromatic heterocycles. The van der Waals surface area contributed by atoms with Gasteiger partial charge in [0.1, 0.15) is 11.3 Å². The second-order valence-corrected chi connectivity index (χ2v) is 5.61. The molecule has 1 fully saturated rings. The number of carbonyl (C=O) groups excluding carboxylic acids is 2. The molecule has 122 valence electrons. The minimum absolute atomic E-state index is 0.166. The predicted molar refractivity (Wildman–Crippen MR) is 82.8 cm³/mol. The van der Waals surface area contributed by atoms with Crippen molar-refractivity contribution in [1.82, 2.24) is 5.32 Å². The van der Waals surface area contributed by atoms with Gasteiger partial charge in [-0.2, -0.15) is 5.26 Å². The quantitative estimate of drug-likeness (QED) is 0.841. The van der Waals surface area contributed by atoms with Crippen molar-refractivity contribution in [3.63, 3.8) is 0 Å². The molecular weight excluding hydrogens is 296 g/mol. The Kier molecular flexibility index (Phi) is 5.58. The number of nitrogens with one attached hydrogen (secondary N) is 1. The number of carbonyl (C=O) groups is 2. The van der Waals surface area contributed by atoms with E-state index in [1.165, 1.54) is 7.11 Å². The van der Waals surface area contributed by atoms with Crippen LogP contribution in [-0.2, 0) is 9.53 Å². The molecule has 0 aliphatic heterocycles. The second kappa shape index (κ2) is 7.63. The highest BCUT2D eigenvalue weighted by Gasteiger charge is 2.33. The van der Waals surface area contributed by atoms with Gasteiger partial charge in [0.2, 0.25) is 0 Å². The van der Waals surface area contributed by atoms with Crippen molar-refractivity contribution in [3.8, 4) is 11.8 Å². The maximum atomic E-state index is 12.0. The Morgan fingerprint density at radius 3 is 2.43 bits per heavy atom. The van der Waals surface area contributed by atoms with Gasteiger partial charge in [0.05, 0.1) is 18.7 Å². The van der Waals surface area contributed by atoms with E-state index in [0.717, 1.165) is 19.3 Å². The van der Waals surface area contributed by atoms with Gasteiger partial charge in [-0.3, -0.25) is 4.79 Å². The molecular formula is C17H20N2O4. The van der Waals surface area contributed by atoms with Gasteiger partial charge >= 0.3 is 5.97 Å². The van der Waals surface area contributed by atoms with Crippen molar-refractivity contribution in [1.29, 1.82) is 5.26 Å². The van der Waals surface area contributed by atoms with Crippen molar-refractivity contribution >= 4 is 11.9 Å². The summed E-state index contributed by atoms with van der Waals surface area (Å²) < 4.78 is 10.0. The first-order chi connectivity index (χ1) is 11.1. The molecule has 1 amide bonds. The summed E-state index contributed by atoms with van der Waals surface area (Å²) in [6, 6.07) is 8.56. The molecule has 1 aromatic rings. The van der Waals surface area contributed by atoms with Crippen LogP contribution in [0.1, 0.15) is 42.5 Å². The van der Waals surface area contributed by atoms with Crippen molar-refractivity contribution < 1.29 is 19.1 Å². The number of hydrogen-bond acceptors (Lipinski definition) is 5. The van der Waals surface area contributed by atoms with Crippen LogP contribution in [0.5, 0.6) is 5.75 Å². The lowest BCUT2D eigenvalue weighted by Gasteiger charge is -2.31. The van der Waals surface area contributed by atoms with Crippen LogP contribution in [0.3, 0.4) is 0 Å². The lowest BCUT2D eigenvalue weighted by atomic mass is 9.83.